The Balaban J connectivity index is 1.30. The summed E-state index contributed by atoms with van der Waals surface area (Å²) in [6.45, 7) is 2.30. The first-order valence-corrected chi connectivity index (χ1v) is 10.4. The number of amides is 1. The van der Waals surface area contributed by atoms with Gasteiger partial charge in [0.15, 0.2) is 0 Å². The number of hydrogen-bond donors (Lipinski definition) is 2. The summed E-state index contributed by atoms with van der Waals surface area (Å²) < 4.78 is 43.8. The first kappa shape index (κ1) is 21.6. The summed E-state index contributed by atoms with van der Waals surface area (Å²) in [6.07, 6.45) is -2.65. The highest BCUT2D eigenvalue weighted by Gasteiger charge is 2.33. The molecule has 0 aliphatic carbocycles. The van der Waals surface area contributed by atoms with E-state index in [9.17, 15) is 23.1 Å². The number of alkyl halides is 3. The molecule has 0 bridgehead atoms. The first-order chi connectivity index (χ1) is 14.7. The molecule has 2 aliphatic heterocycles. The van der Waals surface area contributed by atoms with Crippen molar-refractivity contribution in [3.63, 3.8) is 0 Å². The van der Waals surface area contributed by atoms with Gasteiger partial charge in [-0.3, -0.25) is 4.79 Å². The molecule has 4 rings (SSSR count). The lowest BCUT2D eigenvalue weighted by molar-refractivity contribution is -0.137. The summed E-state index contributed by atoms with van der Waals surface area (Å²) in [6, 6.07) is 11.8. The van der Waals surface area contributed by atoms with Crippen LogP contribution in [0.25, 0.3) is 0 Å². The molecule has 2 fully saturated rings. The van der Waals surface area contributed by atoms with Crippen LogP contribution in [0, 0.1) is 0 Å². The van der Waals surface area contributed by atoms with Gasteiger partial charge in [-0.15, -0.1) is 0 Å². The zero-order chi connectivity index (χ0) is 22.1. The molecular weight excluding hydrogens is 409 g/mol. The van der Waals surface area contributed by atoms with Crippen LogP contribution in [-0.2, 0) is 11.8 Å². The Morgan fingerprint density at radius 3 is 2.26 bits per heavy atom. The van der Waals surface area contributed by atoms with Crippen molar-refractivity contribution in [2.45, 2.75) is 37.1 Å². The van der Waals surface area contributed by atoms with E-state index in [4.69, 9.17) is 4.74 Å². The van der Waals surface area contributed by atoms with E-state index in [1.165, 1.54) is 12.1 Å². The fourth-order valence-corrected chi connectivity index (χ4v) is 4.12. The average molecular weight is 434 g/mol. The number of likely N-dealkylation sites (tertiary alicyclic amines) is 1. The molecule has 2 aromatic carbocycles. The van der Waals surface area contributed by atoms with Gasteiger partial charge in [-0.1, -0.05) is 12.1 Å². The summed E-state index contributed by atoms with van der Waals surface area (Å²) in [4.78, 5) is 14.6. The van der Waals surface area contributed by atoms with Crippen LogP contribution in [0.4, 0.5) is 13.2 Å². The molecule has 31 heavy (non-hydrogen) atoms. The van der Waals surface area contributed by atoms with E-state index in [2.05, 4.69) is 5.32 Å². The maximum absolute atomic E-state index is 12.8. The monoisotopic (exact) mass is 434 g/mol. The lowest BCUT2D eigenvalue weighted by Crippen LogP contribution is -2.41. The number of benzene rings is 2. The maximum atomic E-state index is 12.8. The van der Waals surface area contributed by atoms with E-state index in [1.807, 2.05) is 0 Å². The number of carbonyl (C=O) groups is 1. The number of nitrogens with zero attached hydrogens (tertiary/aromatic N) is 1. The van der Waals surface area contributed by atoms with Crippen molar-refractivity contribution in [3.8, 4) is 5.75 Å². The molecule has 0 radical (unpaired) electrons. The molecule has 0 saturated carbocycles. The standard InChI is InChI=1S/C23H25F3N2O3/c24-23(25,26)18-5-7-19(8-6-18)31-20-9-13-28(14-10-20)21(29)16-1-3-17(4-2-16)22(30)11-12-27-15-22/h1-8,20,27,30H,9-15H2. The molecule has 2 aliphatic rings. The predicted molar refractivity (Wildman–Crippen MR) is 109 cm³/mol. The second kappa shape index (κ2) is 8.51. The molecule has 1 unspecified atom stereocenters. The van der Waals surface area contributed by atoms with Crippen LogP contribution in [0.15, 0.2) is 48.5 Å². The Bertz CT molecular complexity index is 899. The number of aliphatic hydroxyl groups is 1. The van der Waals surface area contributed by atoms with Gasteiger partial charge in [0.25, 0.3) is 5.91 Å². The van der Waals surface area contributed by atoms with Gasteiger partial charge < -0.3 is 20.1 Å². The van der Waals surface area contributed by atoms with Crippen molar-refractivity contribution in [3.05, 3.63) is 65.2 Å². The van der Waals surface area contributed by atoms with Crippen LogP contribution in [0.2, 0.25) is 0 Å². The lowest BCUT2D eigenvalue weighted by atomic mass is 9.92. The topological polar surface area (TPSA) is 61.8 Å². The smallest absolute Gasteiger partial charge is 0.416 e. The maximum Gasteiger partial charge on any atom is 0.416 e. The van der Waals surface area contributed by atoms with Crippen molar-refractivity contribution in [2.75, 3.05) is 26.2 Å². The fourth-order valence-electron chi connectivity index (χ4n) is 4.12. The van der Waals surface area contributed by atoms with Gasteiger partial charge in [-0.05, 0) is 54.9 Å². The van der Waals surface area contributed by atoms with E-state index in [0.717, 1.165) is 24.2 Å². The van der Waals surface area contributed by atoms with Crippen molar-refractivity contribution in [1.82, 2.24) is 10.2 Å². The van der Waals surface area contributed by atoms with Crippen LogP contribution < -0.4 is 10.1 Å². The number of carbonyl (C=O) groups excluding carboxylic acids is 1. The van der Waals surface area contributed by atoms with Crippen LogP contribution in [0.3, 0.4) is 0 Å². The highest BCUT2D eigenvalue weighted by molar-refractivity contribution is 5.94. The Labute approximate surface area is 178 Å². The first-order valence-electron chi connectivity index (χ1n) is 10.4. The van der Waals surface area contributed by atoms with Crippen molar-refractivity contribution >= 4 is 5.91 Å². The zero-order valence-corrected chi connectivity index (χ0v) is 17.0. The minimum absolute atomic E-state index is 0.0731. The molecule has 166 valence electrons. The number of ether oxygens (including phenoxy) is 1. The minimum atomic E-state index is -4.37. The zero-order valence-electron chi connectivity index (χ0n) is 17.0. The quantitative estimate of drug-likeness (QED) is 0.773. The normalized spacial score (nSPS) is 22.5. The lowest BCUT2D eigenvalue weighted by Gasteiger charge is -2.32. The van der Waals surface area contributed by atoms with Gasteiger partial charge >= 0.3 is 6.18 Å². The van der Waals surface area contributed by atoms with Gasteiger partial charge in [0, 0.05) is 38.0 Å². The molecule has 5 nitrogen and oxygen atoms in total. The van der Waals surface area contributed by atoms with Gasteiger partial charge in [-0.25, -0.2) is 0 Å². The van der Waals surface area contributed by atoms with Crippen molar-refractivity contribution in [2.24, 2.45) is 0 Å². The van der Waals surface area contributed by atoms with Crippen LogP contribution >= 0.6 is 0 Å². The predicted octanol–water partition coefficient (Wildman–Crippen LogP) is 3.57. The number of nitrogens with one attached hydrogen (secondary N) is 1. The van der Waals surface area contributed by atoms with E-state index < -0.39 is 17.3 Å². The highest BCUT2D eigenvalue weighted by Crippen LogP contribution is 2.31. The summed E-state index contributed by atoms with van der Waals surface area (Å²) in [5.74, 6) is 0.323. The van der Waals surface area contributed by atoms with Gasteiger partial charge in [0.05, 0.1) is 5.56 Å². The van der Waals surface area contributed by atoms with Gasteiger partial charge in [0.2, 0.25) is 0 Å². The fraction of sp³-hybridized carbons (Fsp3) is 0.435. The molecule has 2 saturated heterocycles. The molecule has 2 N–H and O–H groups in total. The Hall–Kier alpha value is -2.58. The number of halogens is 3. The molecule has 1 atom stereocenters. The van der Waals surface area contributed by atoms with E-state index in [0.29, 0.717) is 50.2 Å². The molecule has 0 aromatic heterocycles. The summed E-state index contributed by atoms with van der Waals surface area (Å²) in [5, 5.41) is 13.8. The van der Waals surface area contributed by atoms with E-state index in [-0.39, 0.29) is 12.0 Å². The summed E-state index contributed by atoms with van der Waals surface area (Å²) in [7, 11) is 0. The molecule has 2 heterocycles. The van der Waals surface area contributed by atoms with Crippen LogP contribution in [0.5, 0.6) is 5.75 Å². The third-order valence-electron chi connectivity index (χ3n) is 6.02. The minimum Gasteiger partial charge on any atom is -0.490 e. The largest absolute Gasteiger partial charge is 0.490 e. The molecule has 1 amide bonds. The molecule has 8 heteroatoms. The Kier molecular flexibility index (Phi) is 5.94. The molecule has 2 aromatic rings. The van der Waals surface area contributed by atoms with Gasteiger partial charge in [0.1, 0.15) is 17.5 Å². The Morgan fingerprint density at radius 1 is 1.06 bits per heavy atom. The van der Waals surface area contributed by atoms with Crippen molar-refractivity contribution < 1.29 is 27.8 Å². The van der Waals surface area contributed by atoms with E-state index >= 15 is 0 Å². The number of β-amino-alcohol motifs (C(OH)–C–C–N with tert-alkyl or cyclic N) is 1. The molecule has 0 spiro atoms. The SMILES string of the molecule is O=C(c1ccc(C2(O)CCNC2)cc1)N1CCC(Oc2ccc(C(F)(F)F)cc2)CC1. The van der Waals surface area contributed by atoms with Crippen LogP contribution in [0.1, 0.15) is 40.7 Å². The Morgan fingerprint density at radius 2 is 1.71 bits per heavy atom. The third-order valence-corrected chi connectivity index (χ3v) is 6.02. The summed E-state index contributed by atoms with van der Waals surface area (Å²) in [5.41, 5.74) is -0.212. The third kappa shape index (κ3) is 4.85. The average Bonchev–Trinajstić information content (AvgIpc) is 3.21. The van der Waals surface area contributed by atoms with Crippen molar-refractivity contribution in [1.29, 1.82) is 0 Å². The molecular formula is C23H25F3N2O3. The van der Waals surface area contributed by atoms with Gasteiger partial charge in [-0.2, -0.15) is 13.2 Å². The highest BCUT2D eigenvalue weighted by atomic mass is 19.4. The summed E-state index contributed by atoms with van der Waals surface area (Å²) >= 11 is 0. The second-order valence-corrected chi connectivity index (χ2v) is 8.17. The van der Waals surface area contributed by atoms with Crippen LogP contribution in [-0.4, -0.2) is 48.2 Å². The van der Waals surface area contributed by atoms with E-state index in [1.54, 1.807) is 29.2 Å². The number of rotatable bonds is 4. The number of piperidine rings is 1. The number of hydrogen-bond acceptors (Lipinski definition) is 4. The second-order valence-electron chi connectivity index (χ2n) is 8.17.